The molecule has 7 rings (SSSR count). The molecule has 0 unspecified atom stereocenters. The van der Waals surface area contributed by atoms with Gasteiger partial charge in [0.2, 0.25) is 5.91 Å². The Bertz CT molecular complexity index is 1230. The highest BCUT2D eigenvalue weighted by Gasteiger charge is 2.55. The Morgan fingerprint density at radius 1 is 1.11 bits per heavy atom. The van der Waals surface area contributed by atoms with E-state index >= 15 is 0 Å². The van der Waals surface area contributed by atoms with Crippen LogP contribution in [0.5, 0.6) is 5.75 Å². The molecule has 1 N–H and O–H groups in total. The van der Waals surface area contributed by atoms with Crippen LogP contribution < -0.4 is 10.2 Å². The molecule has 1 aliphatic heterocycles. The van der Waals surface area contributed by atoms with Crippen molar-refractivity contribution < 1.29 is 14.3 Å². The number of halogens is 1. The number of carbonyl (C=O) groups is 2. The zero-order valence-corrected chi connectivity index (χ0v) is 23.0. The lowest BCUT2D eigenvalue weighted by Gasteiger charge is -2.55. The van der Waals surface area contributed by atoms with Gasteiger partial charge in [0, 0.05) is 0 Å². The third-order valence-corrected chi connectivity index (χ3v) is 9.94. The summed E-state index contributed by atoms with van der Waals surface area (Å²) in [6.07, 6.45) is 8.44. The second kappa shape index (κ2) is 9.62. The van der Waals surface area contributed by atoms with Crippen LogP contribution in [0.1, 0.15) is 49.7 Å². The van der Waals surface area contributed by atoms with Gasteiger partial charge in [0.1, 0.15) is 12.4 Å². The van der Waals surface area contributed by atoms with Crippen molar-refractivity contribution in [1.82, 2.24) is 10.4 Å². The van der Waals surface area contributed by atoms with Crippen molar-refractivity contribution in [3.63, 3.8) is 0 Å². The maximum Gasteiger partial charge on any atom is 0.285 e. The molecule has 2 aromatic carbocycles. The number of thiocarbonyl (C=S) groups is 1. The highest BCUT2D eigenvalue weighted by atomic mass is 79.9. The van der Waals surface area contributed by atoms with Gasteiger partial charge in [-0.05, 0) is 114 Å². The number of hydrazine groups is 1. The maximum absolute atomic E-state index is 13.4. The molecule has 5 aliphatic rings. The topological polar surface area (TPSA) is 58.6 Å². The molecule has 5 fully saturated rings. The Kier molecular flexibility index (Phi) is 6.46. The van der Waals surface area contributed by atoms with Gasteiger partial charge in [-0.25, -0.2) is 0 Å². The predicted molar refractivity (Wildman–Crippen MR) is 149 cm³/mol. The Balaban J connectivity index is 1.13. The zero-order chi connectivity index (χ0) is 24.9. The quantitative estimate of drug-likeness (QED) is 0.312. The summed E-state index contributed by atoms with van der Waals surface area (Å²) < 4.78 is 7.10. The lowest BCUT2D eigenvalue weighted by atomic mass is 9.49. The summed E-state index contributed by atoms with van der Waals surface area (Å²) in [7, 11) is 0. The lowest BCUT2D eigenvalue weighted by Crippen LogP contribution is -2.57. The minimum Gasteiger partial charge on any atom is -0.488 e. The highest BCUT2D eigenvalue weighted by molar-refractivity contribution is 9.10. The summed E-state index contributed by atoms with van der Waals surface area (Å²) in [4.78, 5) is 27.1. The molecule has 36 heavy (non-hydrogen) atoms. The molecule has 4 aliphatic carbocycles. The molecule has 1 saturated heterocycles. The van der Waals surface area contributed by atoms with E-state index in [2.05, 4.69) is 21.4 Å². The van der Waals surface area contributed by atoms with Crippen molar-refractivity contribution in [2.24, 2.45) is 23.2 Å². The average Bonchev–Trinajstić information content (AvgIpc) is 3.10. The van der Waals surface area contributed by atoms with E-state index in [9.17, 15) is 9.59 Å². The van der Waals surface area contributed by atoms with Crippen molar-refractivity contribution in [3.8, 4) is 5.75 Å². The Morgan fingerprint density at radius 2 is 1.78 bits per heavy atom. The molecular formula is C28H27BrN2O3S2. The molecule has 0 atom stereocenters. The second-order valence-corrected chi connectivity index (χ2v) is 13.2. The summed E-state index contributed by atoms with van der Waals surface area (Å²) >= 11 is 10.3. The molecule has 4 saturated carbocycles. The van der Waals surface area contributed by atoms with Crippen molar-refractivity contribution in [2.75, 3.05) is 0 Å². The first kappa shape index (κ1) is 24.2. The number of rotatable bonds is 6. The Morgan fingerprint density at radius 3 is 2.42 bits per heavy atom. The van der Waals surface area contributed by atoms with Crippen LogP contribution in [0.4, 0.5) is 0 Å². The van der Waals surface area contributed by atoms with Gasteiger partial charge >= 0.3 is 0 Å². The van der Waals surface area contributed by atoms with E-state index in [0.29, 0.717) is 33.6 Å². The standard InChI is InChI=1S/C28H27BrN2O3S2/c29-22-11-18(6-7-23(22)34-16-17-4-2-1-3-5-17)12-24-25(32)31(27(35)36-24)30-26(33)28-13-19-8-20(14-28)10-21(9-19)15-28/h1-7,11-12,19-21H,8-10,13-16H2,(H,30,33)/b24-12+. The molecule has 0 spiro atoms. The van der Waals surface area contributed by atoms with Gasteiger partial charge < -0.3 is 4.74 Å². The minimum absolute atomic E-state index is 0.0261. The molecule has 2 aromatic rings. The van der Waals surface area contributed by atoms with E-state index in [1.54, 1.807) is 0 Å². The molecule has 1 heterocycles. The Labute approximate surface area is 229 Å². The van der Waals surface area contributed by atoms with Crippen molar-refractivity contribution in [1.29, 1.82) is 0 Å². The molecule has 5 nitrogen and oxygen atoms in total. The number of amides is 2. The van der Waals surface area contributed by atoms with Crippen LogP contribution in [0.3, 0.4) is 0 Å². The van der Waals surface area contributed by atoms with E-state index in [0.717, 1.165) is 40.6 Å². The summed E-state index contributed by atoms with van der Waals surface area (Å²) in [5.74, 6) is 2.40. The van der Waals surface area contributed by atoms with Gasteiger partial charge in [-0.3, -0.25) is 15.0 Å². The summed E-state index contributed by atoms with van der Waals surface area (Å²) in [5, 5.41) is 1.28. The summed E-state index contributed by atoms with van der Waals surface area (Å²) in [5.41, 5.74) is 4.53. The molecule has 2 amide bonds. The number of thioether (sulfide) groups is 1. The monoisotopic (exact) mass is 582 g/mol. The Hall–Kier alpha value is -2.16. The van der Waals surface area contributed by atoms with Gasteiger partial charge in [-0.1, -0.05) is 48.2 Å². The molecule has 186 valence electrons. The SMILES string of the molecule is O=C1/C(=C\c2ccc(OCc3ccccc3)c(Br)c2)SC(=S)N1NC(=O)C12CC3CC(CC(C3)C1)C2. The highest BCUT2D eigenvalue weighted by Crippen LogP contribution is 2.60. The zero-order valence-electron chi connectivity index (χ0n) is 19.7. The first-order chi connectivity index (χ1) is 17.4. The number of nitrogens with one attached hydrogen (secondary N) is 1. The molecule has 0 aromatic heterocycles. The first-order valence-corrected chi connectivity index (χ1v) is 14.5. The lowest BCUT2D eigenvalue weighted by molar-refractivity contribution is -0.152. The first-order valence-electron chi connectivity index (χ1n) is 12.4. The van der Waals surface area contributed by atoms with Gasteiger partial charge in [-0.2, -0.15) is 5.01 Å². The van der Waals surface area contributed by atoms with Gasteiger partial charge in [0.25, 0.3) is 5.91 Å². The van der Waals surface area contributed by atoms with Crippen LogP contribution in [0.15, 0.2) is 57.9 Å². The van der Waals surface area contributed by atoms with Crippen LogP contribution in [0.25, 0.3) is 6.08 Å². The molecule has 4 bridgehead atoms. The van der Waals surface area contributed by atoms with E-state index in [1.165, 1.54) is 36.0 Å². The van der Waals surface area contributed by atoms with Crippen LogP contribution in [0, 0.1) is 23.2 Å². The fourth-order valence-electron chi connectivity index (χ4n) is 6.78. The fourth-order valence-corrected chi connectivity index (χ4v) is 8.47. The van der Waals surface area contributed by atoms with Crippen LogP contribution >= 0.6 is 39.9 Å². The largest absolute Gasteiger partial charge is 0.488 e. The summed E-state index contributed by atoms with van der Waals surface area (Å²) in [6, 6.07) is 15.7. The maximum atomic E-state index is 13.4. The number of carbonyl (C=O) groups excluding carboxylic acids is 2. The van der Waals surface area contributed by atoms with Gasteiger partial charge in [0.15, 0.2) is 4.32 Å². The van der Waals surface area contributed by atoms with Crippen molar-refractivity contribution >= 4 is 62.1 Å². The van der Waals surface area contributed by atoms with Crippen LogP contribution in [0.2, 0.25) is 0 Å². The van der Waals surface area contributed by atoms with Gasteiger partial charge in [-0.15, -0.1) is 0 Å². The predicted octanol–water partition coefficient (Wildman–Crippen LogP) is 6.48. The molecule has 8 heteroatoms. The fraction of sp³-hybridized carbons (Fsp3) is 0.393. The van der Waals surface area contributed by atoms with Crippen LogP contribution in [-0.4, -0.2) is 21.1 Å². The second-order valence-electron chi connectivity index (χ2n) is 10.6. The third kappa shape index (κ3) is 4.63. The van der Waals surface area contributed by atoms with E-state index < -0.39 is 0 Å². The van der Waals surface area contributed by atoms with Gasteiger partial charge in [0.05, 0.1) is 14.8 Å². The minimum atomic E-state index is -0.331. The molecule has 0 radical (unpaired) electrons. The number of hydrogen-bond acceptors (Lipinski definition) is 5. The number of nitrogens with zero attached hydrogens (tertiary/aromatic N) is 1. The number of benzene rings is 2. The average molecular weight is 584 g/mol. The van der Waals surface area contributed by atoms with E-state index in [1.807, 2.05) is 54.6 Å². The number of hydrogen-bond donors (Lipinski definition) is 1. The normalized spacial score (nSPS) is 29.8. The smallest absolute Gasteiger partial charge is 0.285 e. The van der Waals surface area contributed by atoms with Crippen molar-refractivity contribution in [3.05, 3.63) is 69.0 Å². The summed E-state index contributed by atoms with van der Waals surface area (Å²) in [6.45, 7) is 0.473. The van der Waals surface area contributed by atoms with Crippen molar-refractivity contribution in [2.45, 2.75) is 45.1 Å². The third-order valence-electron chi connectivity index (χ3n) is 8.02. The molecular weight excluding hydrogens is 556 g/mol. The van der Waals surface area contributed by atoms with E-state index in [4.69, 9.17) is 17.0 Å². The number of ether oxygens (including phenoxy) is 1. The van der Waals surface area contributed by atoms with E-state index in [-0.39, 0.29) is 17.2 Å². The van der Waals surface area contributed by atoms with Crippen LogP contribution in [-0.2, 0) is 16.2 Å².